The normalized spacial score (nSPS) is 10.6. The van der Waals surface area contributed by atoms with E-state index in [1.807, 2.05) is 39.1 Å². The summed E-state index contributed by atoms with van der Waals surface area (Å²) in [6.07, 6.45) is 0. The quantitative estimate of drug-likeness (QED) is 0.742. The minimum atomic E-state index is 0.384. The highest BCUT2D eigenvalue weighted by molar-refractivity contribution is 5.99. The summed E-state index contributed by atoms with van der Waals surface area (Å²) in [4.78, 5) is 0. The van der Waals surface area contributed by atoms with Crippen LogP contribution in [-0.2, 0) is 0 Å². The van der Waals surface area contributed by atoms with Crippen LogP contribution in [-0.4, -0.2) is 12.2 Å². The predicted octanol–water partition coefficient (Wildman–Crippen LogP) is 3.20. The van der Waals surface area contributed by atoms with E-state index in [0.717, 1.165) is 27.6 Å². The summed E-state index contributed by atoms with van der Waals surface area (Å²) in [5.74, 6) is 0.384. The minimum Gasteiger partial charge on any atom is -0.507 e. The maximum atomic E-state index is 10.1. The van der Waals surface area contributed by atoms with Crippen molar-refractivity contribution in [2.45, 2.75) is 13.8 Å². The zero-order valence-electron chi connectivity index (χ0n) is 9.26. The van der Waals surface area contributed by atoms with Crippen molar-refractivity contribution < 1.29 is 5.11 Å². The molecule has 0 bridgehead atoms. The monoisotopic (exact) mass is 201 g/mol. The van der Waals surface area contributed by atoms with E-state index in [9.17, 15) is 5.11 Å². The lowest BCUT2D eigenvalue weighted by Gasteiger charge is -2.11. The highest BCUT2D eigenvalue weighted by atomic mass is 16.3. The molecule has 2 heteroatoms. The van der Waals surface area contributed by atoms with Crippen molar-refractivity contribution in [3.63, 3.8) is 0 Å². The van der Waals surface area contributed by atoms with E-state index >= 15 is 0 Å². The molecular formula is C13H15NO. The Morgan fingerprint density at radius 3 is 2.60 bits per heavy atom. The van der Waals surface area contributed by atoms with E-state index < -0.39 is 0 Å². The fourth-order valence-corrected chi connectivity index (χ4v) is 1.88. The molecule has 0 aliphatic carbocycles. The first-order valence-corrected chi connectivity index (χ1v) is 5.04. The lowest BCUT2D eigenvalue weighted by molar-refractivity contribution is 0.477. The number of phenolic OH excluding ortho intramolecular Hbond substituents is 1. The number of hydrogen-bond acceptors (Lipinski definition) is 2. The molecule has 2 N–H and O–H groups in total. The number of nitrogens with one attached hydrogen (secondary N) is 1. The molecule has 0 fully saturated rings. The topological polar surface area (TPSA) is 32.3 Å². The standard InChI is InChI=1S/C13H15NO/c1-8-7-10-5-4-6-11(14-3)12(10)13(15)9(8)2/h4-7,14-15H,1-3H3. The Morgan fingerprint density at radius 1 is 1.20 bits per heavy atom. The third-order valence-electron chi connectivity index (χ3n) is 2.92. The van der Waals surface area contributed by atoms with Gasteiger partial charge in [0.1, 0.15) is 5.75 Å². The molecule has 0 amide bonds. The van der Waals surface area contributed by atoms with Gasteiger partial charge in [0.25, 0.3) is 0 Å². The van der Waals surface area contributed by atoms with Crippen LogP contribution in [0.4, 0.5) is 5.69 Å². The summed E-state index contributed by atoms with van der Waals surface area (Å²) >= 11 is 0. The molecule has 0 aliphatic rings. The van der Waals surface area contributed by atoms with Crippen molar-refractivity contribution >= 4 is 16.5 Å². The number of aryl methyl sites for hydroxylation is 1. The van der Waals surface area contributed by atoms with Crippen LogP contribution in [0.3, 0.4) is 0 Å². The van der Waals surface area contributed by atoms with Crippen LogP contribution < -0.4 is 5.32 Å². The summed E-state index contributed by atoms with van der Waals surface area (Å²) in [5.41, 5.74) is 3.03. The van der Waals surface area contributed by atoms with E-state index in [2.05, 4.69) is 11.4 Å². The van der Waals surface area contributed by atoms with E-state index in [4.69, 9.17) is 0 Å². The van der Waals surface area contributed by atoms with Gasteiger partial charge in [0.2, 0.25) is 0 Å². The molecule has 0 spiro atoms. The van der Waals surface area contributed by atoms with Gasteiger partial charge in [-0.15, -0.1) is 0 Å². The zero-order chi connectivity index (χ0) is 11.0. The fourth-order valence-electron chi connectivity index (χ4n) is 1.88. The Labute approximate surface area is 89.6 Å². The van der Waals surface area contributed by atoms with Gasteiger partial charge >= 0.3 is 0 Å². The third kappa shape index (κ3) is 1.42. The Hall–Kier alpha value is -1.70. The molecular weight excluding hydrogens is 186 g/mol. The summed E-state index contributed by atoms with van der Waals surface area (Å²) in [6, 6.07) is 8.08. The van der Waals surface area contributed by atoms with E-state index in [1.165, 1.54) is 0 Å². The maximum Gasteiger partial charge on any atom is 0.128 e. The molecule has 0 saturated carbocycles. The average molecular weight is 201 g/mol. The first-order chi connectivity index (χ1) is 7.15. The SMILES string of the molecule is CNc1cccc2cc(C)c(C)c(O)c12. The van der Waals surface area contributed by atoms with Gasteiger partial charge < -0.3 is 10.4 Å². The smallest absolute Gasteiger partial charge is 0.128 e. The molecule has 2 nitrogen and oxygen atoms in total. The van der Waals surface area contributed by atoms with Gasteiger partial charge in [0.05, 0.1) is 0 Å². The molecule has 0 radical (unpaired) electrons. The van der Waals surface area contributed by atoms with Crippen molar-refractivity contribution in [2.75, 3.05) is 12.4 Å². The lowest BCUT2D eigenvalue weighted by atomic mass is 10.00. The molecule has 15 heavy (non-hydrogen) atoms. The highest BCUT2D eigenvalue weighted by Crippen LogP contribution is 2.35. The molecule has 2 rings (SSSR count). The van der Waals surface area contributed by atoms with Gasteiger partial charge in [-0.25, -0.2) is 0 Å². The Bertz CT molecular complexity index is 517. The Balaban J connectivity index is 2.93. The molecule has 78 valence electrons. The maximum absolute atomic E-state index is 10.1. The van der Waals surface area contributed by atoms with Crippen LogP contribution >= 0.6 is 0 Å². The average Bonchev–Trinajstić information content (AvgIpc) is 2.25. The van der Waals surface area contributed by atoms with Crippen LogP contribution in [0.15, 0.2) is 24.3 Å². The molecule has 2 aromatic carbocycles. The summed E-state index contributed by atoms with van der Waals surface area (Å²) < 4.78 is 0. The molecule has 0 aliphatic heterocycles. The Morgan fingerprint density at radius 2 is 1.93 bits per heavy atom. The number of benzene rings is 2. The van der Waals surface area contributed by atoms with Crippen molar-refractivity contribution in [1.82, 2.24) is 0 Å². The van der Waals surface area contributed by atoms with Crippen molar-refractivity contribution in [2.24, 2.45) is 0 Å². The van der Waals surface area contributed by atoms with Gasteiger partial charge in [0, 0.05) is 18.1 Å². The number of phenols is 1. The van der Waals surface area contributed by atoms with Crippen LogP contribution in [0.25, 0.3) is 10.8 Å². The first-order valence-electron chi connectivity index (χ1n) is 5.04. The second-order valence-corrected chi connectivity index (χ2v) is 3.82. The van der Waals surface area contributed by atoms with Crippen molar-refractivity contribution in [3.05, 3.63) is 35.4 Å². The number of hydrogen-bond donors (Lipinski definition) is 2. The number of anilines is 1. The van der Waals surface area contributed by atoms with Crippen LogP contribution in [0.5, 0.6) is 5.75 Å². The second kappa shape index (κ2) is 3.46. The lowest BCUT2D eigenvalue weighted by Crippen LogP contribution is -1.92. The molecule has 0 saturated heterocycles. The predicted molar refractivity (Wildman–Crippen MR) is 64.6 cm³/mol. The van der Waals surface area contributed by atoms with Crippen molar-refractivity contribution in [1.29, 1.82) is 0 Å². The summed E-state index contributed by atoms with van der Waals surface area (Å²) in [6.45, 7) is 3.96. The molecule has 0 aromatic heterocycles. The van der Waals surface area contributed by atoms with Gasteiger partial charge in [-0.05, 0) is 36.4 Å². The van der Waals surface area contributed by atoms with Crippen LogP contribution in [0, 0.1) is 13.8 Å². The second-order valence-electron chi connectivity index (χ2n) is 3.82. The fraction of sp³-hybridized carbons (Fsp3) is 0.231. The van der Waals surface area contributed by atoms with E-state index in [-0.39, 0.29) is 0 Å². The number of aromatic hydroxyl groups is 1. The minimum absolute atomic E-state index is 0.384. The van der Waals surface area contributed by atoms with Gasteiger partial charge in [-0.2, -0.15) is 0 Å². The zero-order valence-corrected chi connectivity index (χ0v) is 9.26. The largest absolute Gasteiger partial charge is 0.507 e. The van der Waals surface area contributed by atoms with Crippen molar-refractivity contribution in [3.8, 4) is 5.75 Å². The Kier molecular flexibility index (Phi) is 2.27. The molecule has 0 atom stereocenters. The molecule has 0 unspecified atom stereocenters. The number of rotatable bonds is 1. The van der Waals surface area contributed by atoms with Gasteiger partial charge in [0.15, 0.2) is 0 Å². The van der Waals surface area contributed by atoms with Crippen LogP contribution in [0.1, 0.15) is 11.1 Å². The van der Waals surface area contributed by atoms with Gasteiger partial charge in [-0.3, -0.25) is 0 Å². The third-order valence-corrected chi connectivity index (χ3v) is 2.92. The van der Waals surface area contributed by atoms with E-state index in [0.29, 0.717) is 5.75 Å². The first kappa shape index (κ1) is 9.84. The van der Waals surface area contributed by atoms with Gasteiger partial charge in [-0.1, -0.05) is 18.2 Å². The molecule has 0 heterocycles. The highest BCUT2D eigenvalue weighted by Gasteiger charge is 2.09. The summed E-state index contributed by atoms with van der Waals surface area (Å²) in [7, 11) is 1.86. The van der Waals surface area contributed by atoms with E-state index in [1.54, 1.807) is 0 Å². The summed E-state index contributed by atoms with van der Waals surface area (Å²) in [5, 5.41) is 15.2. The number of fused-ring (bicyclic) bond motifs is 1. The van der Waals surface area contributed by atoms with Crippen LogP contribution in [0.2, 0.25) is 0 Å². The molecule has 2 aromatic rings.